The number of hydrogen-bond donors (Lipinski definition) is 2. The number of para-hydroxylation sites is 1. The quantitative estimate of drug-likeness (QED) is 0.865. The van der Waals surface area contributed by atoms with Crippen molar-refractivity contribution < 1.29 is 19.1 Å². The Labute approximate surface area is 130 Å². The van der Waals surface area contributed by atoms with Crippen LogP contribution < -0.4 is 5.32 Å². The van der Waals surface area contributed by atoms with Crippen molar-refractivity contribution in [3.05, 3.63) is 28.5 Å². The molecule has 0 aromatic heterocycles. The van der Waals surface area contributed by atoms with Crippen LogP contribution in [-0.4, -0.2) is 34.6 Å². The van der Waals surface area contributed by atoms with Gasteiger partial charge in [-0.2, -0.15) is 0 Å². The monoisotopic (exact) mass is 358 g/mol. The van der Waals surface area contributed by atoms with Crippen molar-refractivity contribution in [3.8, 4) is 0 Å². The molecule has 7 heteroatoms. The van der Waals surface area contributed by atoms with Crippen LogP contribution in [-0.2, 0) is 4.79 Å². The maximum atomic E-state index is 13.7. The van der Waals surface area contributed by atoms with Gasteiger partial charge in [-0.1, -0.05) is 18.9 Å². The Morgan fingerprint density at radius 2 is 2.05 bits per heavy atom. The summed E-state index contributed by atoms with van der Waals surface area (Å²) in [4.78, 5) is 24.5. The van der Waals surface area contributed by atoms with E-state index >= 15 is 0 Å². The summed E-state index contributed by atoms with van der Waals surface area (Å²) in [7, 11) is 0. The Kier molecular flexibility index (Phi) is 5.17. The molecular formula is C14H16BrFN2O3. The van der Waals surface area contributed by atoms with Crippen LogP contribution in [0, 0.1) is 5.82 Å². The molecule has 1 aromatic rings. The second-order valence-electron chi connectivity index (χ2n) is 4.99. The van der Waals surface area contributed by atoms with Crippen LogP contribution in [0.4, 0.5) is 14.9 Å². The highest BCUT2D eigenvalue weighted by atomic mass is 79.9. The lowest BCUT2D eigenvalue weighted by Crippen LogP contribution is -2.44. The first-order valence-electron chi connectivity index (χ1n) is 6.72. The average molecular weight is 359 g/mol. The van der Waals surface area contributed by atoms with Gasteiger partial charge in [0.1, 0.15) is 12.4 Å². The van der Waals surface area contributed by atoms with Gasteiger partial charge in [-0.05, 0) is 40.9 Å². The number of nitrogens with one attached hydrogen (secondary N) is 1. The molecule has 0 spiro atoms. The zero-order chi connectivity index (χ0) is 15.4. The predicted molar refractivity (Wildman–Crippen MR) is 79.7 cm³/mol. The fourth-order valence-corrected chi connectivity index (χ4v) is 2.97. The standard InChI is InChI=1S/C14H16BrFN2O3/c15-10-6-3-7-11(16)13(10)17-14(21)18(8-12(19)20)9-4-1-2-5-9/h3,6-7,9H,1-2,4-5,8H2,(H,17,21)(H,19,20). The highest BCUT2D eigenvalue weighted by molar-refractivity contribution is 9.10. The molecule has 1 aliphatic rings. The minimum absolute atomic E-state index is 0.0240. The molecule has 1 aromatic carbocycles. The van der Waals surface area contributed by atoms with Crippen molar-refractivity contribution in [2.75, 3.05) is 11.9 Å². The normalized spacial score (nSPS) is 15.0. The lowest BCUT2D eigenvalue weighted by Gasteiger charge is -2.27. The van der Waals surface area contributed by atoms with Gasteiger partial charge in [0.15, 0.2) is 0 Å². The smallest absolute Gasteiger partial charge is 0.323 e. The lowest BCUT2D eigenvalue weighted by atomic mass is 10.2. The van der Waals surface area contributed by atoms with E-state index in [0.717, 1.165) is 25.7 Å². The summed E-state index contributed by atoms with van der Waals surface area (Å²) in [6.45, 7) is -0.386. The Balaban J connectivity index is 2.16. The van der Waals surface area contributed by atoms with Gasteiger partial charge in [0.05, 0.1) is 5.69 Å². The van der Waals surface area contributed by atoms with Crippen LogP contribution in [0.2, 0.25) is 0 Å². The number of carboxylic acids is 1. The minimum atomic E-state index is -1.08. The minimum Gasteiger partial charge on any atom is -0.480 e. The summed E-state index contributed by atoms with van der Waals surface area (Å²) in [5.74, 6) is -1.65. The van der Waals surface area contributed by atoms with Crippen LogP contribution in [0.3, 0.4) is 0 Å². The van der Waals surface area contributed by atoms with Gasteiger partial charge in [-0.3, -0.25) is 4.79 Å². The molecular weight excluding hydrogens is 343 g/mol. The van der Waals surface area contributed by atoms with Crippen LogP contribution in [0.5, 0.6) is 0 Å². The third-order valence-corrected chi connectivity index (χ3v) is 4.19. The molecule has 0 saturated heterocycles. The van der Waals surface area contributed by atoms with E-state index in [0.29, 0.717) is 4.47 Å². The van der Waals surface area contributed by atoms with Gasteiger partial charge < -0.3 is 15.3 Å². The first-order chi connectivity index (χ1) is 9.99. The van der Waals surface area contributed by atoms with E-state index in [-0.39, 0.29) is 18.3 Å². The molecule has 0 atom stereocenters. The highest BCUT2D eigenvalue weighted by Crippen LogP contribution is 2.27. The third-order valence-electron chi connectivity index (χ3n) is 3.53. The summed E-state index contributed by atoms with van der Waals surface area (Å²) in [5, 5.41) is 11.4. The van der Waals surface area contributed by atoms with E-state index in [1.54, 1.807) is 6.07 Å². The number of benzene rings is 1. The Hall–Kier alpha value is -1.63. The summed E-state index contributed by atoms with van der Waals surface area (Å²) in [5.41, 5.74) is 0.0240. The topological polar surface area (TPSA) is 69.6 Å². The zero-order valence-corrected chi connectivity index (χ0v) is 12.9. The van der Waals surface area contributed by atoms with E-state index in [2.05, 4.69) is 21.2 Å². The van der Waals surface area contributed by atoms with Crippen molar-refractivity contribution in [1.29, 1.82) is 0 Å². The number of anilines is 1. The second-order valence-corrected chi connectivity index (χ2v) is 5.84. The van der Waals surface area contributed by atoms with Crippen LogP contribution >= 0.6 is 15.9 Å². The highest BCUT2D eigenvalue weighted by Gasteiger charge is 2.29. The van der Waals surface area contributed by atoms with Crippen molar-refractivity contribution in [3.63, 3.8) is 0 Å². The van der Waals surface area contributed by atoms with Gasteiger partial charge in [-0.25, -0.2) is 9.18 Å². The second kappa shape index (κ2) is 6.89. The van der Waals surface area contributed by atoms with Crippen molar-refractivity contribution in [2.24, 2.45) is 0 Å². The molecule has 0 aliphatic heterocycles. The summed E-state index contributed by atoms with van der Waals surface area (Å²) in [6.07, 6.45) is 3.49. The largest absolute Gasteiger partial charge is 0.480 e. The molecule has 0 unspecified atom stereocenters. The number of rotatable bonds is 4. The predicted octanol–water partition coefficient (Wildman–Crippen LogP) is 3.45. The van der Waals surface area contributed by atoms with E-state index < -0.39 is 17.8 Å². The Morgan fingerprint density at radius 3 is 2.62 bits per heavy atom. The Morgan fingerprint density at radius 1 is 1.38 bits per heavy atom. The number of amides is 2. The van der Waals surface area contributed by atoms with Crippen LogP contribution in [0.1, 0.15) is 25.7 Å². The first-order valence-corrected chi connectivity index (χ1v) is 7.51. The molecule has 0 heterocycles. The van der Waals surface area contributed by atoms with E-state index in [1.165, 1.54) is 17.0 Å². The molecule has 0 radical (unpaired) electrons. The van der Waals surface area contributed by atoms with E-state index in [1.807, 2.05) is 0 Å². The molecule has 1 saturated carbocycles. The lowest BCUT2D eigenvalue weighted by molar-refractivity contribution is -0.138. The molecule has 1 fully saturated rings. The van der Waals surface area contributed by atoms with Crippen molar-refractivity contribution in [2.45, 2.75) is 31.7 Å². The van der Waals surface area contributed by atoms with Gasteiger partial charge >= 0.3 is 12.0 Å². The number of carbonyl (C=O) groups is 2. The van der Waals surface area contributed by atoms with Gasteiger partial charge in [-0.15, -0.1) is 0 Å². The van der Waals surface area contributed by atoms with E-state index in [9.17, 15) is 14.0 Å². The molecule has 2 amide bonds. The van der Waals surface area contributed by atoms with Crippen LogP contribution in [0.15, 0.2) is 22.7 Å². The molecule has 0 bridgehead atoms. The number of urea groups is 1. The number of nitrogens with zero attached hydrogens (tertiary/aromatic N) is 1. The zero-order valence-electron chi connectivity index (χ0n) is 11.3. The molecule has 114 valence electrons. The number of carboxylic acid groups (broad SMARTS) is 1. The average Bonchev–Trinajstić information content (AvgIpc) is 2.93. The number of carbonyl (C=O) groups excluding carboxylic acids is 1. The van der Waals surface area contributed by atoms with Gasteiger partial charge in [0, 0.05) is 10.5 Å². The number of hydrogen-bond acceptors (Lipinski definition) is 2. The maximum Gasteiger partial charge on any atom is 0.323 e. The molecule has 5 nitrogen and oxygen atoms in total. The van der Waals surface area contributed by atoms with Gasteiger partial charge in [0.25, 0.3) is 0 Å². The third kappa shape index (κ3) is 3.93. The Bertz CT molecular complexity index is 527. The van der Waals surface area contributed by atoms with Gasteiger partial charge in [0.2, 0.25) is 0 Å². The van der Waals surface area contributed by atoms with E-state index in [4.69, 9.17) is 5.11 Å². The van der Waals surface area contributed by atoms with Crippen molar-refractivity contribution >= 4 is 33.6 Å². The van der Waals surface area contributed by atoms with Crippen LogP contribution in [0.25, 0.3) is 0 Å². The summed E-state index contributed by atoms with van der Waals surface area (Å²) < 4.78 is 14.1. The maximum absolute atomic E-state index is 13.7. The summed E-state index contributed by atoms with van der Waals surface area (Å²) in [6, 6.07) is 3.66. The number of aliphatic carboxylic acids is 1. The summed E-state index contributed by atoms with van der Waals surface area (Å²) >= 11 is 3.17. The van der Waals surface area contributed by atoms with Crippen molar-refractivity contribution in [1.82, 2.24) is 4.90 Å². The molecule has 2 N–H and O–H groups in total. The fraction of sp³-hybridized carbons (Fsp3) is 0.429. The number of halogens is 2. The first kappa shape index (κ1) is 15.8. The molecule has 1 aliphatic carbocycles. The fourth-order valence-electron chi connectivity index (χ4n) is 2.52. The molecule has 2 rings (SSSR count). The molecule has 21 heavy (non-hydrogen) atoms. The SMILES string of the molecule is O=C(O)CN(C(=O)Nc1c(F)cccc1Br)C1CCCC1.